The second-order valence-electron chi connectivity index (χ2n) is 9.43. The molecule has 5 rings (SSSR count). The van der Waals surface area contributed by atoms with Crippen molar-refractivity contribution in [3.8, 4) is 0 Å². The van der Waals surface area contributed by atoms with E-state index in [1.54, 1.807) is 0 Å². The van der Waals surface area contributed by atoms with Gasteiger partial charge in [-0.1, -0.05) is 13.8 Å². The van der Waals surface area contributed by atoms with Crippen molar-refractivity contribution in [2.75, 3.05) is 0 Å². The largest absolute Gasteiger partial charge is 0.385 e. The Balaban J connectivity index is 1.49. The Labute approximate surface area is 132 Å². The molecule has 9 atom stereocenters. The lowest BCUT2D eigenvalue weighted by Crippen LogP contribution is -2.54. The van der Waals surface area contributed by atoms with Crippen molar-refractivity contribution in [1.82, 2.24) is 0 Å². The molecule has 3 heteroatoms. The molecule has 5 aliphatic rings. The zero-order chi connectivity index (χ0) is 15.3. The summed E-state index contributed by atoms with van der Waals surface area (Å²) in [5.74, 6) is 2.74. The lowest BCUT2D eigenvalue weighted by molar-refractivity contribution is -0.132. The monoisotopic (exact) mass is 304 g/mol. The van der Waals surface area contributed by atoms with Crippen molar-refractivity contribution in [2.24, 2.45) is 34.5 Å². The molecule has 4 aliphatic carbocycles. The summed E-state index contributed by atoms with van der Waals surface area (Å²) in [6.07, 6.45) is 8.34. The number of ketones is 1. The molecule has 4 saturated carbocycles. The normalized spacial score (nSPS) is 62.7. The number of rotatable bonds is 0. The first-order valence-electron chi connectivity index (χ1n) is 9.30. The van der Waals surface area contributed by atoms with E-state index < -0.39 is 6.10 Å². The van der Waals surface area contributed by atoms with Gasteiger partial charge in [-0.2, -0.15) is 0 Å². The topological polar surface area (TPSA) is 49.8 Å². The molecule has 122 valence electrons. The molecule has 22 heavy (non-hydrogen) atoms. The summed E-state index contributed by atoms with van der Waals surface area (Å²) in [6, 6.07) is 0. The van der Waals surface area contributed by atoms with Gasteiger partial charge in [0, 0.05) is 11.8 Å². The smallest absolute Gasteiger partial charge is 0.162 e. The molecule has 0 amide bonds. The molecular formula is C19H28O3. The first-order chi connectivity index (χ1) is 10.4. The molecule has 0 bridgehead atoms. The van der Waals surface area contributed by atoms with Crippen LogP contribution in [-0.2, 0) is 9.53 Å². The average Bonchev–Trinajstić information content (AvgIpc) is 3.18. The summed E-state index contributed by atoms with van der Waals surface area (Å²) in [5.41, 5.74) is 0.271. The van der Waals surface area contributed by atoms with Crippen LogP contribution in [0.3, 0.4) is 0 Å². The SMILES string of the molecule is C[C@]12C[C@H]3O[C@H]3CC1CCC1C2CC[C@@]2(C)C1CC(=O)[C@@H]2O. The predicted molar refractivity (Wildman–Crippen MR) is 82.2 cm³/mol. The zero-order valence-corrected chi connectivity index (χ0v) is 13.8. The second-order valence-corrected chi connectivity index (χ2v) is 9.43. The van der Waals surface area contributed by atoms with Gasteiger partial charge in [-0.15, -0.1) is 0 Å². The fourth-order valence-electron chi connectivity index (χ4n) is 7.29. The maximum absolute atomic E-state index is 12.2. The quantitative estimate of drug-likeness (QED) is 0.700. The Kier molecular flexibility index (Phi) is 2.64. The van der Waals surface area contributed by atoms with Gasteiger partial charge in [0.25, 0.3) is 0 Å². The van der Waals surface area contributed by atoms with Crippen LogP contribution in [0.2, 0.25) is 0 Å². The van der Waals surface area contributed by atoms with Crippen LogP contribution in [0.15, 0.2) is 0 Å². The molecule has 1 aliphatic heterocycles. The van der Waals surface area contributed by atoms with Gasteiger partial charge in [0.15, 0.2) is 5.78 Å². The van der Waals surface area contributed by atoms with E-state index in [0.29, 0.717) is 35.9 Å². The van der Waals surface area contributed by atoms with E-state index in [2.05, 4.69) is 13.8 Å². The zero-order valence-electron chi connectivity index (χ0n) is 13.8. The molecule has 0 aromatic heterocycles. The molecule has 5 fully saturated rings. The van der Waals surface area contributed by atoms with Gasteiger partial charge in [-0.3, -0.25) is 4.79 Å². The number of fused-ring (bicyclic) bond motifs is 6. The van der Waals surface area contributed by atoms with E-state index in [1.807, 2.05) is 0 Å². The minimum Gasteiger partial charge on any atom is -0.385 e. The van der Waals surface area contributed by atoms with Gasteiger partial charge < -0.3 is 9.84 Å². The Morgan fingerprint density at radius 1 is 1.09 bits per heavy atom. The number of carbonyl (C=O) groups is 1. The Morgan fingerprint density at radius 3 is 2.73 bits per heavy atom. The molecule has 0 aromatic carbocycles. The molecule has 1 saturated heterocycles. The molecule has 4 unspecified atom stereocenters. The van der Waals surface area contributed by atoms with Gasteiger partial charge in [-0.05, 0) is 67.6 Å². The fraction of sp³-hybridized carbons (Fsp3) is 0.947. The predicted octanol–water partition coefficient (Wildman–Crippen LogP) is 2.95. The number of hydrogen-bond donors (Lipinski definition) is 1. The summed E-state index contributed by atoms with van der Waals surface area (Å²) in [6.45, 7) is 4.70. The van der Waals surface area contributed by atoms with Crippen LogP contribution in [0.5, 0.6) is 0 Å². The third-order valence-electron chi connectivity index (χ3n) is 8.70. The fourth-order valence-corrected chi connectivity index (χ4v) is 7.29. The first-order valence-corrected chi connectivity index (χ1v) is 9.30. The van der Waals surface area contributed by atoms with Crippen molar-refractivity contribution in [2.45, 2.75) is 77.1 Å². The minimum atomic E-state index is -0.702. The van der Waals surface area contributed by atoms with E-state index in [4.69, 9.17) is 4.74 Å². The van der Waals surface area contributed by atoms with Crippen LogP contribution in [0.25, 0.3) is 0 Å². The summed E-state index contributed by atoms with van der Waals surface area (Å²) in [4.78, 5) is 12.2. The number of epoxide rings is 1. The molecule has 0 radical (unpaired) electrons. The Morgan fingerprint density at radius 2 is 1.91 bits per heavy atom. The van der Waals surface area contributed by atoms with Crippen LogP contribution in [0.4, 0.5) is 0 Å². The highest BCUT2D eigenvalue weighted by Crippen LogP contribution is 2.67. The van der Waals surface area contributed by atoms with Crippen molar-refractivity contribution < 1.29 is 14.6 Å². The summed E-state index contributed by atoms with van der Waals surface area (Å²) < 4.78 is 5.86. The molecule has 1 N–H and O–H groups in total. The average molecular weight is 304 g/mol. The van der Waals surface area contributed by atoms with Gasteiger partial charge in [0.1, 0.15) is 6.10 Å². The Bertz CT molecular complexity index is 531. The van der Waals surface area contributed by atoms with Gasteiger partial charge >= 0.3 is 0 Å². The second kappa shape index (κ2) is 4.16. The summed E-state index contributed by atoms with van der Waals surface area (Å²) >= 11 is 0. The van der Waals surface area contributed by atoms with E-state index in [-0.39, 0.29) is 11.2 Å². The number of hydrogen-bond acceptors (Lipinski definition) is 3. The summed E-state index contributed by atoms with van der Waals surface area (Å²) in [7, 11) is 0. The molecule has 0 spiro atoms. The lowest BCUT2D eigenvalue weighted by atomic mass is 9.45. The Hall–Kier alpha value is -0.410. The number of ether oxygens (including phenoxy) is 1. The molecule has 0 aromatic rings. The molecule has 1 heterocycles. The van der Waals surface area contributed by atoms with E-state index in [9.17, 15) is 9.90 Å². The van der Waals surface area contributed by atoms with E-state index in [1.165, 1.54) is 32.1 Å². The number of Topliss-reactive ketones (excluding diaryl/α,β-unsaturated/α-hetero) is 1. The van der Waals surface area contributed by atoms with Crippen molar-refractivity contribution in [3.05, 3.63) is 0 Å². The van der Waals surface area contributed by atoms with Crippen molar-refractivity contribution >= 4 is 5.78 Å². The maximum Gasteiger partial charge on any atom is 0.162 e. The summed E-state index contributed by atoms with van der Waals surface area (Å²) in [5, 5.41) is 10.4. The van der Waals surface area contributed by atoms with E-state index >= 15 is 0 Å². The first kappa shape index (κ1) is 14.0. The molecular weight excluding hydrogens is 276 g/mol. The van der Waals surface area contributed by atoms with Crippen LogP contribution >= 0.6 is 0 Å². The van der Waals surface area contributed by atoms with Crippen LogP contribution in [0, 0.1) is 34.5 Å². The number of aliphatic hydroxyl groups is 1. The highest BCUT2D eigenvalue weighted by atomic mass is 16.6. The van der Waals surface area contributed by atoms with Gasteiger partial charge in [-0.25, -0.2) is 0 Å². The number of aliphatic hydroxyl groups excluding tert-OH is 1. The lowest BCUT2D eigenvalue weighted by Gasteiger charge is -2.59. The standard InChI is InChI=1S/C19H28O3/c1-18-6-5-12-11(13(18)8-14(20)17(18)21)4-3-10-7-15-16(22-15)9-19(10,12)2/h10-13,15-17,21H,3-9H2,1-2H3/t10?,11?,12?,13?,15-,16+,17-,18-,19-/m0/s1. The maximum atomic E-state index is 12.2. The van der Waals surface area contributed by atoms with Crippen LogP contribution < -0.4 is 0 Å². The molecule has 3 nitrogen and oxygen atoms in total. The van der Waals surface area contributed by atoms with Gasteiger partial charge in [0.05, 0.1) is 12.2 Å². The van der Waals surface area contributed by atoms with Crippen LogP contribution in [0.1, 0.15) is 58.8 Å². The van der Waals surface area contributed by atoms with E-state index in [0.717, 1.165) is 18.3 Å². The highest BCUT2D eigenvalue weighted by molar-refractivity contribution is 5.86. The third-order valence-corrected chi connectivity index (χ3v) is 8.70. The van der Waals surface area contributed by atoms with Crippen LogP contribution in [-0.4, -0.2) is 29.2 Å². The number of carbonyl (C=O) groups excluding carboxylic acids is 1. The van der Waals surface area contributed by atoms with Crippen molar-refractivity contribution in [3.63, 3.8) is 0 Å². The van der Waals surface area contributed by atoms with Gasteiger partial charge in [0.2, 0.25) is 0 Å². The minimum absolute atomic E-state index is 0.106. The third kappa shape index (κ3) is 1.57. The van der Waals surface area contributed by atoms with Crippen molar-refractivity contribution in [1.29, 1.82) is 0 Å². The highest BCUT2D eigenvalue weighted by Gasteiger charge is 2.64.